The first-order valence-corrected chi connectivity index (χ1v) is 18.2. The molecule has 0 aliphatic heterocycles. The minimum atomic E-state index is -1.31. The summed E-state index contributed by atoms with van der Waals surface area (Å²) in [6.45, 7) is 11.3. The fourth-order valence-corrected chi connectivity index (χ4v) is 6.66. The van der Waals surface area contributed by atoms with Crippen LogP contribution in [0.4, 0.5) is 16.2 Å². The van der Waals surface area contributed by atoms with Gasteiger partial charge >= 0.3 is 18.0 Å². The second-order valence-electron chi connectivity index (χ2n) is 13.2. The number of anilines is 2. The van der Waals surface area contributed by atoms with E-state index in [-0.39, 0.29) is 42.1 Å². The van der Waals surface area contributed by atoms with Crippen LogP contribution >= 0.6 is 21.6 Å². The highest BCUT2D eigenvalue weighted by atomic mass is 33.1. The number of hydrogen-bond donors (Lipinski definition) is 7. The third-order valence-corrected chi connectivity index (χ3v) is 9.16. The van der Waals surface area contributed by atoms with Crippen LogP contribution in [0.5, 0.6) is 0 Å². The van der Waals surface area contributed by atoms with E-state index in [4.69, 9.17) is 0 Å². The van der Waals surface area contributed by atoms with Crippen LogP contribution in [0.3, 0.4) is 0 Å². The maximum Gasteiger partial charge on any atom is 0.327 e. The van der Waals surface area contributed by atoms with Crippen LogP contribution in [0.25, 0.3) is 0 Å². The molecule has 15 heteroatoms. The van der Waals surface area contributed by atoms with Crippen LogP contribution in [0.2, 0.25) is 0 Å². The predicted molar refractivity (Wildman–Crippen MR) is 193 cm³/mol. The van der Waals surface area contributed by atoms with Crippen molar-refractivity contribution in [1.29, 1.82) is 0 Å². The molecule has 3 atom stereocenters. The van der Waals surface area contributed by atoms with Crippen molar-refractivity contribution in [2.75, 3.05) is 22.1 Å². The van der Waals surface area contributed by atoms with Gasteiger partial charge in [-0.15, -0.1) is 0 Å². The number of carboxylic acid groups (broad SMARTS) is 2. The van der Waals surface area contributed by atoms with Crippen LogP contribution in [-0.2, 0) is 30.4 Å². The molecule has 0 aromatic heterocycles. The first kappa shape index (κ1) is 40.9. The summed E-state index contributed by atoms with van der Waals surface area (Å²) < 4.78 is 0. The lowest BCUT2D eigenvalue weighted by atomic mass is 9.92. The van der Waals surface area contributed by atoms with Crippen LogP contribution < -0.4 is 26.6 Å². The average Bonchev–Trinajstić information content (AvgIpc) is 2.98. The Labute approximate surface area is 294 Å². The van der Waals surface area contributed by atoms with Crippen molar-refractivity contribution in [3.63, 3.8) is 0 Å². The molecule has 49 heavy (non-hydrogen) atoms. The fourth-order valence-electron chi connectivity index (χ4n) is 4.35. The Morgan fingerprint density at radius 3 is 1.63 bits per heavy atom. The normalized spacial score (nSPS) is 13.0. The molecule has 7 N–H and O–H groups in total. The van der Waals surface area contributed by atoms with Gasteiger partial charge in [0, 0.05) is 29.3 Å². The van der Waals surface area contributed by atoms with Gasteiger partial charge in [0.25, 0.3) is 0 Å². The Kier molecular flexibility index (Phi) is 16.4. The molecule has 0 fully saturated rings. The molecule has 0 saturated carbocycles. The van der Waals surface area contributed by atoms with Crippen LogP contribution in [0.1, 0.15) is 58.6 Å². The number of carbonyl (C=O) groups excluding carboxylic acids is 4. The molecule has 268 valence electrons. The zero-order valence-corrected chi connectivity index (χ0v) is 30.3. The zero-order valence-electron chi connectivity index (χ0n) is 28.6. The van der Waals surface area contributed by atoms with Crippen molar-refractivity contribution in [2.45, 2.75) is 78.9 Å². The Bertz CT molecular complexity index is 1450. The van der Waals surface area contributed by atoms with E-state index >= 15 is 0 Å². The number of carboxylic acids is 2. The first-order chi connectivity index (χ1) is 22.9. The number of aryl methyl sites for hydroxylation is 1. The van der Waals surface area contributed by atoms with Crippen LogP contribution in [0.15, 0.2) is 48.5 Å². The van der Waals surface area contributed by atoms with Gasteiger partial charge in [0.15, 0.2) is 0 Å². The van der Waals surface area contributed by atoms with E-state index in [1.165, 1.54) is 0 Å². The summed E-state index contributed by atoms with van der Waals surface area (Å²) in [5, 5.41) is 32.4. The molecule has 0 spiro atoms. The van der Waals surface area contributed by atoms with Gasteiger partial charge in [0.1, 0.15) is 18.1 Å². The van der Waals surface area contributed by atoms with Crippen molar-refractivity contribution in [3.8, 4) is 0 Å². The van der Waals surface area contributed by atoms with Crippen molar-refractivity contribution in [2.24, 2.45) is 11.3 Å². The number of benzene rings is 2. The molecular weight excluding hydrogens is 671 g/mol. The van der Waals surface area contributed by atoms with Gasteiger partial charge in [-0.1, -0.05) is 86.0 Å². The van der Waals surface area contributed by atoms with E-state index in [0.29, 0.717) is 16.9 Å². The molecule has 0 heterocycles. The second-order valence-corrected chi connectivity index (χ2v) is 15.8. The maximum atomic E-state index is 13.2. The first-order valence-electron chi connectivity index (χ1n) is 15.7. The molecule has 0 saturated heterocycles. The van der Waals surface area contributed by atoms with Gasteiger partial charge < -0.3 is 36.8 Å². The fraction of sp³-hybridized carbons (Fsp3) is 0.471. The summed E-state index contributed by atoms with van der Waals surface area (Å²) in [5.74, 6) is -4.08. The highest BCUT2D eigenvalue weighted by Gasteiger charge is 2.28. The molecule has 0 radical (unpaired) electrons. The van der Waals surface area contributed by atoms with Crippen molar-refractivity contribution < 1.29 is 39.0 Å². The second kappa shape index (κ2) is 19.7. The van der Waals surface area contributed by atoms with Gasteiger partial charge in [-0.05, 0) is 54.5 Å². The van der Waals surface area contributed by atoms with E-state index in [1.54, 1.807) is 36.4 Å². The van der Waals surface area contributed by atoms with Crippen molar-refractivity contribution >= 4 is 68.7 Å². The van der Waals surface area contributed by atoms with Crippen LogP contribution in [-0.4, -0.2) is 75.5 Å². The standard InChI is InChI=1S/C34H47N5O8S2/c1-20(2)15-25(30(42)39-27(32(45)46)19-49-48-18-26(31(43)44)38-29(41)17-34(4,5)6)37-28(40)16-22-9-13-24(14-10-22)36-33(47)35-23-11-7-21(3)8-12-23/h7-14,20,25-27H,15-19H2,1-6H3,(H,37,40)(H,38,41)(H,39,42)(H,43,44)(H,45,46)(H2,35,36,47). The van der Waals surface area contributed by atoms with E-state index < -0.39 is 53.8 Å². The van der Waals surface area contributed by atoms with Gasteiger partial charge in [0.05, 0.1) is 6.42 Å². The van der Waals surface area contributed by atoms with Gasteiger partial charge in [-0.2, -0.15) is 0 Å². The summed E-state index contributed by atoms with van der Waals surface area (Å²) in [4.78, 5) is 74.2. The molecule has 0 aliphatic rings. The van der Waals surface area contributed by atoms with E-state index in [1.807, 2.05) is 53.7 Å². The van der Waals surface area contributed by atoms with Crippen LogP contribution in [0, 0.1) is 18.3 Å². The third kappa shape index (κ3) is 16.6. The number of hydrogen-bond acceptors (Lipinski definition) is 8. The van der Waals surface area contributed by atoms with Gasteiger partial charge in [-0.25, -0.2) is 14.4 Å². The minimum absolute atomic E-state index is 0.00196. The molecule has 13 nitrogen and oxygen atoms in total. The lowest BCUT2D eigenvalue weighted by Gasteiger charge is -2.23. The molecule has 2 rings (SSSR count). The third-order valence-electron chi connectivity index (χ3n) is 6.74. The lowest BCUT2D eigenvalue weighted by molar-refractivity contribution is -0.141. The van der Waals surface area contributed by atoms with Gasteiger partial charge in [-0.3, -0.25) is 14.4 Å². The molecule has 5 amide bonds. The zero-order chi connectivity index (χ0) is 36.7. The Hall–Kier alpha value is -4.24. The molecule has 0 bridgehead atoms. The summed E-state index contributed by atoms with van der Waals surface area (Å²) in [6, 6.07) is 10.1. The predicted octanol–water partition coefficient (Wildman–Crippen LogP) is 4.67. The number of urea groups is 1. The summed E-state index contributed by atoms with van der Waals surface area (Å²) in [6.07, 6.45) is 0.359. The number of amides is 5. The highest BCUT2D eigenvalue weighted by molar-refractivity contribution is 8.76. The minimum Gasteiger partial charge on any atom is -0.480 e. The number of aliphatic carboxylic acids is 2. The summed E-state index contributed by atoms with van der Waals surface area (Å²) in [7, 11) is 2.12. The molecule has 2 aromatic carbocycles. The SMILES string of the molecule is Cc1ccc(NC(=O)Nc2ccc(CC(=O)NC(CC(C)C)C(=O)NC(CSSCC(NC(=O)CC(C)(C)C)C(=O)O)C(=O)O)cc2)cc1. The molecule has 2 aromatic rings. The largest absolute Gasteiger partial charge is 0.480 e. The number of nitrogens with one attached hydrogen (secondary N) is 5. The number of carbonyl (C=O) groups is 6. The monoisotopic (exact) mass is 717 g/mol. The Morgan fingerprint density at radius 1 is 0.694 bits per heavy atom. The summed E-state index contributed by atoms with van der Waals surface area (Å²) in [5.41, 5.74) is 2.55. The van der Waals surface area contributed by atoms with Gasteiger partial charge in [0.2, 0.25) is 17.7 Å². The molecule has 3 unspecified atom stereocenters. The topological polar surface area (TPSA) is 203 Å². The van der Waals surface area contributed by atoms with E-state index in [9.17, 15) is 39.0 Å². The summed E-state index contributed by atoms with van der Waals surface area (Å²) >= 11 is 0. The maximum absolute atomic E-state index is 13.2. The van der Waals surface area contributed by atoms with E-state index in [0.717, 1.165) is 27.2 Å². The smallest absolute Gasteiger partial charge is 0.327 e. The number of rotatable bonds is 18. The van der Waals surface area contributed by atoms with Crippen molar-refractivity contribution in [1.82, 2.24) is 16.0 Å². The Morgan fingerprint density at radius 2 is 1.16 bits per heavy atom. The van der Waals surface area contributed by atoms with Crippen molar-refractivity contribution in [3.05, 3.63) is 59.7 Å². The molecular formula is C34H47N5O8S2. The highest BCUT2D eigenvalue weighted by Crippen LogP contribution is 2.24. The van der Waals surface area contributed by atoms with E-state index in [2.05, 4.69) is 26.6 Å². The molecule has 0 aliphatic carbocycles. The Balaban J connectivity index is 1.91. The quantitative estimate of drug-likeness (QED) is 0.0839. The lowest BCUT2D eigenvalue weighted by Crippen LogP contribution is -2.53. The average molecular weight is 718 g/mol.